The molecule has 0 aliphatic carbocycles. The van der Waals surface area contributed by atoms with E-state index >= 15 is 0 Å². The van der Waals surface area contributed by atoms with Gasteiger partial charge < -0.3 is 5.73 Å². The van der Waals surface area contributed by atoms with Gasteiger partial charge in [0.1, 0.15) is 0 Å². The van der Waals surface area contributed by atoms with Gasteiger partial charge in [-0.25, -0.2) is 9.67 Å². The van der Waals surface area contributed by atoms with Crippen LogP contribution in [0.4, 0.5) is 0 Å². The highest BCUT2D eigenvalue weighted by Gasteiger charge is 2.06. The number of aliphatic imine (C=N–C) groups is 1. The largest absolute Gasteiger partial charge is 0.404 e. The molecule has 2 rings (SSSR count). The van der Waals surface area contributed by atoms with Gasteiger partial charge in [-0.2, -0.15) is 5.10 Å². The van der Waals surface area contributed by atoms with Crippen molar-refractivity contribution < 1.29 is 0 Å². The molecule has 1 aromatic heterocycles. The van der Waals surface area contributed by atoms with Crippen LogP contribution in [0.1, 0.15) is 0 Å². The lowest BCUT2D eigenvalue weighted by atomic mass is 10.2. The Kier molecular flexibility index (Phi) is 3.84. The maximum atomic E-state index is 5.46. The lowest BCUT2D eigenvalue weighted by Crippen LogP contribution is -2.11. The van der Waals surface area contributed by atoms with Crippen molar-refractivity contribution >= 4 is 28.5 Å². The number of nitrogens with two attached hydrogens (primary N) is 1. The Balaban J connectivity index is 2.55. The second-order valence-electron chi connectivity index (χ2n) is 3.54. The summed E-state index contributed by atoms with van der Waals surface area (Å²) in [5.41, 5.74) is 6.45. The molecule has 18 heavy (non-hydrogen) atoms. The van der Waals surface area contributed by atoms with Gasteiger partial charge in [0.15, 0.2) is 5.84 Å². The number of aromatic nitrogens is 2. The van der Waals surface area contributed by atoms with E-state index < -0.39 is 0 Å². The summed E-state index contributed by atoms with van der Waals surface area (Å²) in [4.78, 5) is 4.40. The quantitative estimate of drug-likeness (QED) is 0.680. The zero-order valence-corrected chi connectivity index (χ0v) is 10.9. The van der Waals surface area contributed by atoms with E-state index in [1.807, 2.05) is 30.5 Å². The minimum Gasteiger partial charge on any atom is -0.404 e. The molecule has 0 aliphatic rings. The van der Waals surface area contributed by atoms with E-state index in [1.165, 1.54) is 18.0 Å². The summed E-state index contributed by atoms with van der Waals surface area (Å²) < 4.78 is 1.75. The van der Waals surface area contributed by atoms with E-state index in [1.54, 1.807) is 17.0 Å². The summed E-state index contributed by atoms with van der Waals surface area (Å²) in [7, 11) is 0. The van der Waals surface area contributed by atoms with Gasteiger partial charge in [0, 0.05) is 5.39 Å². The molecule has 5 heteroatoms. The highest BCUT2D eigenvalue weighted by molar-refractivity contribution is 8.02. The van der Waals surface area contributed by atoms with Gasteiger partial charge in [-0.15, -0.1) is 11.8 Å². The molecule has 0 spiro atoms. The van der Waals surface area contributed by atoms with E-state index in [9.17, 15) is 0 Å². The van der Waals surface area contributed by atoms with Crippen LogP contribution < -0.4 is 5.73 Å². The zero-order chi connectivity index (χ0) is 13.0. The number of nitrogens with zero attached hydrogens (tertiary/aromatic N) is 3. The standard InChI is InChI=1S/C13H14N4S/c1-10(18-2)16-13(7-8-14)17-12-6-4-3-5-11(12)9-15-17/h3-9H,1,14H2,2H3/b8-7-,16-13?. The first-order chi connectivity index (χ1) is 8.76. The molecule has 0 aliphatic heterocycles. The van der Waals surface area contributed by atoms with Crippen LogP contribution in [0.15, 0.2) is 59.3 Å². The third kappa shape index (κ3) is 2.46. The van der Waals surface area contributed by atoms with E-state index in [4.69, 9.17) is 5.73 Å². The Labute approximate surface area is 110 Å². The third-order valence-electron chi connectivity index (χ3n) is 2.41. The topological polar surface area (TPSA) is 56.2 Å². The molecule has 0 saturated carbocycles. The summed E-state index contributed by atoms with van der Waals surface area (Å²) in [5, 5.41) is 6.10. The lowest BCUT2D eigenvalue weighted by molar-refractivity contribution is 0.966. The van der Waals surface area contributed by atoms with Gasteiger partial charge in [0.05, 0.1) is 16.7 Å². The Bertz CT molecular complexity index is 625. The predicted octanol–water partition coefficient (Wildman–Crippen LogP) is 2.59. The number of thioether (sulfide) groups is 1. The summed E-state index contributed by atoms with van der Waals surface area (Å²) in [5.74, 6) is 0.651. The number of fused-ring (bicyclic) bond motifs is 1. The summed E-state index contributed by atoms with van der Waals surface area (Å²) in [6, 6.07) is 7.94. The Morgan fingerprint density at radius 2 is 2.28 bits per heavy atom. The number of hydrogen-bond acceptors (Lipinski definition) is 4. The van der Waals surface area contributed by atoms with Crippen molar-refractivity contribution in [1.29, 1.82) is 0 Å². The molecule has 2 N–H and O–H groups in total. The number of rotatable bonds is 3. The van der Waals surface area contributed by atoms with Crippen LogP contribution in [-0.2, 0) is 0 Å². The van der Waals surface area contributed by atoms with Gasteiger partial charge in [0.25, 0.3) is 0 Å². The minimum absolute atomic E-state index is 0.651. The van der Waals surface area contributed by atoms with Crippen LogP contribution in [0.25, 0.3) is 10.9 Å². The molecule has 0 bridgehead atoms. The van der Waals surface area contributed by atoms with E-state index in [-0.39, 0.29) is 0 Å². The zero-order valence-electron chi connectivity index (χ0n) is 10.1. The molecule has 1 aromatic carbocycles. The first-order valence-electron chi connectivity index (χ1n) is 5.39. The number of allylic oxidation sites excluding steroid dienone is 1. The molecule has 0 radical (unpaired) electrons. The molecule has 4 nitrogen and oxygen atoms in total. The van der Waals surface area contributed by atoms with Crippen molar-refractivity contribution in [2.45, 2.75) is 0 Å². The first-order valence-corrected chi connectivity index (χ1v) is 6.61. The average molecular weight is 258 g/mol. The van der Waals surface area contributed by atoms with Crippen LogP contribution >= 0.6 is 11.8 Å². The Morgan fingerprint density at radius 1 is 1.50 bits per heavy atom. The summed E-state index contributed by atoms with van der Waals surface area (Å²) in [6.45, 7) is 3.84. The number of para-hydroxylation sites is 1. The van der Waals surface area contributed by atoms with E-state index in [0.29, 0.717) is 10.9 Å². The lowest BCUT2D eigenvalue weighted by Gasteiger charge is -2.04. The van der Waals surface area contributed by atoms with Crippen molar-refractivity contribution in [2.75, 3.05) is 6.26 Å². The van der Waals surface area contributed by atoms with Gasteiger partial charge in [-0.05, 0) is 24.6 Å². The van der Waals surface area contributed by atoms with Crippen molar-refractivity contribution in [3.8, 4) is 0 Å². The van der Waals surface area contributed by atoms with Crippen molar-refractivity contribution in [2.24, 2.45) is 10.7 Å². The minimum atomic E-state index is 0.651. The molecule has 2 aromatic rings. The second-order valence-corrected chi connectivity index (χ2v) is 4.42. The van der Waals surface area contributed by atoms with E-state index in [2.05, 4.69) is 16.7 Å². The maximum Gasteiger partial charge on any atom is 0.156 e. The molecule has 0 unspecified atom stereocenters. The number of hydrogen-bond donors (Lipinski definition) is 1. The molecular formula is C13H14N4S. The fourth-order valence-electron chi connectivity index (χ4n) is 1.57. The monoisotopic (exact) mass is 258 g/mol. The predicted molar refractivity (Wildman–Crippen MR) is 78.5 cm³/mol. The normalized spacial score (nSPS) is 12.4. The highest BCUT2D eigenvalue weighted by atomic mass is 32.2. The molecule has 0 amide bonds. The fraction of sp³-hybridized carbons (Fsp3) is 0.0769. The number of benzene rings is 1. The van der Waals surface area contributed by atoms with Crippen LogP contribution in [0, 0.1) is 0 Å². The summed E-state index contributed by atoms with van der Waals surface area (Å²) >= 11 is 1.48. The molecule has 0 fully saturated rings. The van der Waals surface area contributed by atoms with Gasteiger partial charge in [0.2, 0.25) is 0 Å². The van der Waals surface area contributed by atoms with Crippen LogP contribution in [-0.4, -0.2) is 21.9 Å². The van der Waals surface area contributed by atoms with Crippen molar-refractivity contribution in [1.82, 2.24) is 9.78 Å². The van der Waals surface area contributed by atoms with Gasteiger partial charge in [-0.3, -0.25) is 0 Å². The highest BCUT2D eigenvalue weighted by Crippen LogP contribution is 2.15. The molecule has 92 valence electrons. The molecule has 1 heterocycles. The molecular weight excluding hydrogens is 244 g/mol. The second kappa shape index (κ2) is 5.55. The van der Waals surface area contributed by atoms with Crippen molar-refractivity contribution in [3.05, 3.63) is 54.3 Å². The average Bonchev–Trinajstić information content (AvgIpc) is 2.82. The third-order valence-corrected chi connectivity index (χ3v) is 2.98. The van der Waals surface area contributed by atoms with Crippen LogP contribution in [0.5, 0.6) is 0 Å². The Morgan fingerprint density at radius 3 is 3.00 bits per heavy atom. The molecule has 0 saturated heterocycles. The van der Waals surface area contributed by atoms with Gasteiger partial charge in [-0.1, -0.05) is 24.8 Å². The van der Waals surface area contributed by atoms with Crippen LogP contribution in [0.3, 0.4) is 0 Å². The molecule has 0 atom stereocenters. The Hall–Kier alpha value is -2.01. The van der Waals surface area contributed by atoms with E-state index in [0.717, 1.165) is 10.9 Å². The van der Waals surface area contributed by atoms with Gasteiger partial charge >= 0.3 is 0 Å². The SMILES string of the molecule is C=C(N=C(/C=C\N)n1ncc2ccccc21)SC. The smallest absolute Gasteiger partial charge is 0.156 e. The first kappa shape index (κ1) is 12.4. The van der Waals surface area contributed by atoms with Crippen LogP contribution in [0.2, 0.25) is 0 Å². The van der Waals surface area contributed by atoms with Crippen molar-refractivity contribution in [3.63, 3.8) is 0 Å². The fourth-order valence-corrected chi connectivity index (χ4v) is 1.75. The summed E-state index contributed by atoms with van der Waals surface area (Å²) in [6.07, 6.45) is 6.89. The maximum absolute atomic E-state index is 5.46.